The zero-order chi connectivity index (χ0) is 15.7. The molecule has 1 rings (SSSR count). The predicted molar refractivity (Wildman–Crippen MR) is 78.7 cm³/mol. The lowest BCUT2D eigenvalue weighted by Gasteiger charge is -2.29. The smallest absolute Gasteiger partial charge is 0.310 e. The van der Waals surface area contributed by atoms with Crippen LogP contribution in [0.5, 0.6) is 0 Å². The highest BCUT2D eigenvalue weighted by atomic mass is 32.2. The third-order valence-corrected chi connectivity index (χ3v) is 4.38. The molecule has 0 aliphatic heterocycles. The zero-order valence-electron chi connectivity index (χ0n) is 12.3. The second-order valence-corrected chi connectivity index (χ2v) is 7.90. The van der Waals surface area contributed by atoms with Crippen molar-refractivity contribution in [1.82, 2.24) is 0 Å². The van der Waals surface area contributed by atoms with Gasteiger partial charge in [-0.05, 0) is 24.5 Å². The number of benzene rings is 1. The number of para-hydroxylation sites is 1. The first kappa shape index (κ1) is 16.4. The third-order valence-electron chi connectivity index (χ3n) is 3.25. The molecule has 0 aromatic heterocycles. The summed E-state index contributed by atoms with van der Waals surface area (Å²) in [6.45, 7) is 7.89. The summed E-state index contributed by atoms with van der Waals surface area (Å²) in [4.78, 5) is 10.3. The summed E-state index contributed by atoms with van der Waals surface area (Å²) in [7, 11) is -3.65. The van der Waals surface area contributed by atoms with Crippen LogP contribution in [-0.2, 0) is 9.84 Å². The van der Waals surface area contributed by atoms with Gasteiger partial charge < -0.3 is 5.32 Å². The summed E-state index contributed by atoms with van der Waals surface area (Å²) < 4.78 is 23.3. The molecule has 0 saturated heterocycles. The van der Waals surface area contributed by atoms with E-state index in [2.05, 4.69) is 5.32 Å². The van der Waals surface area contributed by atoms with Gasteiger partial charge in [0.25, 0.3) is 0 Å². The number of nitro benzene ring substituents is 1. The van der Waals surface area contributed by atoms with Crippen molar-refractivity contribution in [3.05, 3.63) is 28.3 Å². The van der Waals surface area contributed by atoms with Gasteiger partial charge in [-0.3, -0.25) is 10.1 Å². The fourth-order valence-electron chi connectivity index (χ4n) is 1.58. The summed E-state index contributed by atoms with van der Waals surface area (Å²) in [5.41, 5.74) is -0.291. The minimum atomic E-state index is -3.65. The molecule has 20 heavy (non-hydrogen) atoms. The Morgan fingerprint density at radius 1 is 1.30 bits per heavy atom. The van der Waals surface area contributed by atoms with Crippen LogP contribution in [0, 0.1) is 15.5 Å². The van der Waals surface area contributed by atoms with Crippen molar-refractivity contribution in [3.8, 4) is 0 Å². The van der Waals surface area contributed by atoms with Gasteiger partial charge in [0.1, 0.15) is 10.6 Å². The Hall–Kier alpha value is -1.63. The predicted octanol–water partition coefficient (Wildman–Crippen LogP) is 2.84. The van der Waals surface area contributed by atoms with Crippen molar-refractivity contribution in [2.24, 2.45) is 5.41 Å². The molecule has 0 bridgehead atoms. The van der Waals surface area contributed by atoms with Crippen LogP contribution < -0.4 is 5.32 Å². The van der Waals surface area contributed by atoms with Gasteiger partial charge >= 0.3 is 5.69 Å². The molecule has 1 atom stereocenters. The fraction of sp³-hybridized carbons (Fsp3) is 0.538. The highest BCUT2D eigenvalue weighted by Crippen LogP contribution is 2.34. The van der Waals surface area contributed by atoms with Crippen LogP contribution in [0.4, 0.5) is 11.4 Å². The average molecular weight is 300 g/mol. The van der Waals surface area contributed by atoms with Crippen LogP contribution in [-0.4, -0.2) is 25.6 Å². The van der Waals surface area contributed by atoms with Crippen LogP contribution in [0.15, 0.2) is 23.1 Å². The number of anilines is 1. The summed E-state index contributed by atoms with van der Waals surface area (Å²) in [5.74, 6) is 0. The first-order valence-electron chi connectivity index (χ1n) is 6.18. The van der Waals surface area contributed by atoms with Crippen LogP contribution in [0.25, 0.3) is 0 Å². The molecule has 1 aromatic rings. The van der Waals surface area contributed by atoms with Gasteiger partial charge in [-0.2, -0.15) is 0 Å². The average Bonchev–Trinajstić information content (AvgIpc) is 2.25. The Kier molecular flexibility index (Phi) is 4.43. The van der Waals surface area contributed by atoms with Gasteiger partial charge in [0.2, 0.25) is 0 Å². The van der Waals surface area contributed by atoms with Gasteiger partial charge in [0, 0.05) is 12.3 Å². The number of nitro groups is 1. The van der Waals surface area contributed by atoms with E-state index >= 15 is 0 Å². The van der Waals surface area contributed by atoms with Crippen LogP contribution in [0.1, 0.15) is 27.7 Å². The minimum Gasteiger partial charge on any atom is -0.376 e. The van der Waals surface area contributed by atoms with Crippen molar-refractivity contribution >= 4 is 21.2 Å². The van der Waals surface area contributed by atoms with E-state index in [1.165, 1.54) is 18.2 Å². The molecule has 0 aliphatic rings. The molecule has 1 N–H and O–H groups in total. The van der Waals surface area contributed by atoms with Gasteiger partial charge in [-0.25, -0.2) is 8.42 Å². The maximum atomic E-state index is 11.7. The summed E-state index contributed by atoms with van der Waals surface area (Å²) in [6.07, 6.45) is 0.965. The second-order valence-electron chi connectivity index (χ2n) is 5.91. The number of rotatable bonds is 4. The van der Waals surface area contributed by atoms with Gasteiger partial charge in [-0.15, -0.1) is 0 Å². The number of hydrogen-bond acceptors (Lipinski definition) is 5. The maximum absolute atomic E-state index is 11.7. The molecule has 1 aromatic carbocycles. The summed E-state index contributed by atoms with van der Waals surface area (Å²) in [5, 5.41) is 14.3. The van der Waals surface area contributed by atoms with Gasteiger partial charge in [-0.1, -0.05) is 26.8 Å². The Morgan fingerprint density at radius 2 is 1.85 bits per heavy atom. The lowest BCUT2D eigenvalue weighted by atomic mass is 9.88. The van der Waals surface area contributed by atoms with Crippen LogP contribution in [0.2, 0.25) is 0 Å². The standard InChI is InChI=1S/C13H20N2O4S/c1-9(13(2,3)4)14-10-7-6-8-11(20(5,18)19)12(10)15(16)17/h6-9,14H,1-5H3. The normalized spacial score (nSPS) is 13.8. The lowest BCUT2D eigenvalue weighted by molar-refractivity contribution is -0.386. The molecule has 0 radical (unpaired) electrons. The molecule has 0 fully saturated rings. The minimum absolute atomic E-state index is 0.0592. The summed E-state index contributed by atoms with van der Waals surface area (Å²) >= 11 is 0. The molecule has 0 spiro atoms. The Balaban J connectivity index is 3.39. The number of nitrogens with one attached hydrogen (secondary N) is 1. The molecule has 0 aliphatic carbocycles. The number of hydrogen-bond donors (Lipinski definition) is 1. The molecule has 0 amide bonds. The largest absolute Gasteiger partial charge is 0.376 e. The van der Waals surface area contributed by atoms with Crippen LogP contribution in [0.3, 0.4) is 0 Å². The SMILES string of the molecule is CC(Nc1cccc(S(C)(=O)=O)c1[N+](=O)[O-])C(C)(C)C. The molecule has 6 nitrogen and oxygen atoms in total. The molecular weight excluding hydrogens is 280 g/mol. The monoisotopic (exact) mass is 300 g/mol. The van der Waals surface area contributed by atoms with E-state index in [1.807, 2.05) is 27.7 Å². The molecule has 112 valence electrons. The van der Waals surface area contributed by atoms with E-state index in [0.29, 0.717) is 0 Å². The van der Waals surface area contributed by atoms with Gasteiger partial charge in [0.15, 0.2) is 9.84 Å². The number of sulfone groups is 1. The first-order chi connectivity index (χ1) is 8.94. The Morgan fingerprint density at radius 3 is 2.25 bits per heavy atom. The number of nitrogens with zero attached hydrogens (tertiary/aromatic N) is 1. The molecule has 0 heterocycles. The van der Waals surface area contributed by atoms with E-state index in [0.717, 1.165) is 6.26 Å². The highest BCUT2D eigenvalue weighted by Gasteiger charge is 2.28. The Labute approximate surface area is 119 Å². The maximum Gasteiger partial charge on any atom is 0.310 e. The topological polar surface area (TPSA) is 89.3 Å². The summed E-state index contributed by atoms with van der Waals surface area (Å²) in [6, 6.07) is 4.22. The van der Waals surface area contributed by atoms with Crippen molar-refractivity contribution < 1.29 is 13.3 Å². The lowest BCUT2D eigenvalue weighted by Crippen LogP contribution is -2.31. The van der Waals surface area contributed by atoms with Crippen molar-refractivity contribution in [3.63, 3.8) is 0 Å². The van der Waals surface area contributed by atoms with Crippen LogP contribution >= 0.6 is 0 Å². The molecule has 0 saturated carbocycles. The van der Waals surface area contributed by atoms with E-state index in [4.69, 9.17) is 0 Å². The molecular formula is C13H20N2O4S. The fourth-order valence-corrected chi connectivity index (χ4v) is 2.44. The van der Waals surface area contributed by atoms with Crippen molar-refractivity contribution in [1.29, 1.82) is 0 Å². The van der Waals surface area contributed by atoms with E-state index < -0.39 is 20.4 Å². The second kappa shape index (κ2) is 5.40. The van der Waals surface area contributed by atoms with Crippen molar-refractivity contribution in [2.75, 3.05) is 11.6 Å². The molecule has 1 unspecified atom stereocenters. The zero-order valence-corrected chi connectivity index (χ0v) is 13.1. The quantitative estimate of drug-likeness (QED) is 0.682. The van der Waals surface area contributed by atoms with Crippen molar-refractivity contribution in [2.45, 2.75) is 38.6 Å². The van der Waals surface area contributed by atoms with E-state index in [-0.39, 0.29) is 22.0 Å². The van der Waals surface area contributed by atoms with E-state index in [1.54, 1.807) is 0 Å². The molecule has 7 heteroatoms. The first-order valence-corrected chi connectivity index (χ1v) is 8.07. The van der Waals surface area contributed by atoms with E-state index in [9.17, 15) is 18.5 Å². The Bertz CT molecular complexity index is 618. The van der Waals surface area contributed by atoms with Gasteiger partial charge in [0.05, 0.1) is 4.92 Å². The highest BCUT2D eigenvalue weighted by molar-refractivity contribution is 7.90. The third kappa shape index (κ3) is 3.69.